The smallest absolute Gasteiger partial charge is 0.269 e. The van der Waals surface area contributed by atoms with Crippen molar-refractivity contribution < 1.29 is 24.7 Å². The lowest BCUT2D eigenvalue weighted by molar-refractivity contribution is -0.384. The van der Waals surface area contributed by atoms with Gasteiger partial charge in [0, 0.05) is 25.0 Å². The SMILES string of the molecule is O=C(CC(CC(=O)c1ccccc1O)c1cccc([N+](=O)[O-])c1)c1ccccc1O. The minimum Gasteiger partial charge on any atom is -0.507 e. The molecule has 0 spiro atoms. The third-order valence-corrected chi connectivity index (χ3v) is 4.82. The zero-order chi connectivity index (χ0) is 21.7. The van der Waals surface area contributed by atoms with Crippen LogP contribution in [-0.4, -0.2) is 26.7 Å². The van der Waals surface area contributed by atoms with Crippen LogP contribution in [0.3, 0.4) is 0 Å². The maximum atomic E-state index is 12.8. The summed E-state index contributed by atoms with van der Waals surface area (Å²) in [4.78, 5) is 36.2. The molecule has 2 N–H and O–H groups in total. The number of nitro benzene ring substituents is 1. The topological polar surface area (TPSA) is 118 Å². The average Bonchev–Trinajstić information content (AvgIpc) is 2.73. The third-order valence-electron chi connectivity index (χ3n) is 4.82. The second kappa shape index (κ2) is 9.00. The average molecular weight is 405 g/mol. The van der Waals surface area contributed by atoms with Gasteiger partial charge in [0.2, 0.25) is 0 Å². The highest BCUT2D eigenvalue weighted by Gasteiger charge is 2.24. The molecule has 0 aliphatic rings. The largest absolute Gasteiger partial charge is 0.507 e. The number of ketones is 2. The summed E-state index contributed by atoms with van der Waals surface area (Å²) < 4.78 is 0. The standard InChI is InChI=1S/C23H19NO6/c25-20-10-3-1-8-18(20)22(27)13-16(15-6-5-7-17(12-15)24(29)30)14-23(28)19-9-2-4-11-21(19)26/h1-12,16,25-26H,13-14H2. The van der Waals surface area contributed by atoms with Gasteiger partial charge in [-0.1, -0.05) is 36.4 Å². The summed E-state index contributed by atoms with van der Waals surface area (Å²) in [7, 11) is 0. The minimum atomic E-state index is -0.677. The summed E-state index contributed by atoms with van der Waals surface area (Å²) in [5, 5.41) is 31.1. The fraction of sp³-hybridized carbons (Fsp3) is 0.130. The van der Waals surface area contributed by atoms with Crippen LogP contribution in [0.1, 0.15) is 45.0 Å². The van der Waals surface area contributed by atoms with Gasteiger partial charge in [-0.2, -0.15) is 0 Å². The molecule has 0 saturated heterocycles. The molecule has 30 heavy (non-hydrogen) atoms. The van der Waals surface area contributed by atoms with E-state index in [1.807, 2.05) is 0 Å². The number of rotatable bonds is 8. The quantitative estimate of drug-likeness (QED) is 0.320. The van der Waals surface area contributed by atoms with Crippen molar-refractivity contribution >= 4 is 17.3 Å². The number of phenolic OH excluding ortho intramolecular Hbond substituents is 2. The van der Waals surface area contributed by atoms with Gasteiger partial charge in [-0.15, -0.1) is 0 Å². The Morgan fingerprint density at radius 2 is 1.30 bits per heavy atom. The number of nitro groups is 1. The third kappa shape index (κ3) is 4.70. The van der Waals surface area contributed by atoms with E-state index >= 15 is 0 Å². The Hall–Kier alpha value is -4.00. The molecule has 3 aromatic rings. The summed E-state index contributed by atoms with van der Waals surface area (Å²) in [6, 6.07) is 17.9. The lowest BCUT2D eigenvalue weighted by Crippen LogP contribution is -2.13. The van der Waals surface area contributed by atoms with Crippen molar-refractivity contribution in [2.75, 3.05) is 0 Å². The molecule has 0 amide bonds. The number of hydrogen-bond donors (Lipinski definition) is 2. The number of hydrogen-bond acceptors (Lipinski definition) is 6. The van der Waals surface area contributed by atoms with E-state index in [4.69, 9.17) is 0 Å². The van der Waals surface area contributed by atoms with Crippen LogP contribution in [-0.2, 0) is 0 Å². The van der Waals surface area contributed by atoms with Gasteiger partial charge in [0.05, 0.1) is 16.1 Å². The first-order valence-electron chi connectivity index (χ1n) is 9.23. The van der Waals surface area contributed by atoms with Gasteiger partial charge >= 0.3 is 0 Å². The van der Waals surface area contributed by atoms with Crippen LogP contribution < -0.4 is 0 Å². The maximum Gasteiger partial charge on any atom is 0.269 e. The highest BCUT2D eigenvalue weighted by molar-refractivity contribution is 6.01. The Bertz CT molecular complexity index is 1050. The summed E-state index contributed by atoms with van der Waals surface area (Å²) in [5.74, 6) is -1.81. The summed E-state index contributed by atoms with van der Waals surface area (Å²) in [5.41, 5.74) is 0.533. The number of Topliss-reactive ketones (excluding diaryl/α,β-unsaturated/α-hetero) is 2. The van der Waals surface area contributed by atoms with Crippen molar-refractivity contribution in [3.05, 3.63) is 99.6 Å². The van der Waals surface area contributed by atoms with Crippen LogP contribution in [0.5, 0.6) is 11.5 Å². The molecule has 0 saturated carbocycles. The Balaban J connectivity index is 1.94. The Kier molecular flexibility index (Phi) is 6.22. The van der Waals surface area contributed by atoms with Crippen molar-refractivity contribution in [3.8, 4) is 11.5 Å². The van der Waals surface area contributed by atoms with Crippen LogP contribution in [0, 0.1) is 10.1 Å². The van der Waals surface area contributed by atoms with Gasteiger partial charge < -0.3 is 10.2 Å². The van der Waals surface area contributed by atoms with Gasteiger partial charge in [0.15, 0.2) is 11.6 Å². The number of non-ortho nitro benzene ring substituents is 1. The highest BCUT2D eigenvalue weighted by Crippen LogP contribution is 2.32. The Labute approximate surface area is 172 Å². The van der Waals surface area contributed by atoms with Crippen LogP contribution in [0.4, 0.5) is 5.69 Å². The van der Waals surface area contributed by atoms with Crippen molar-refractivity contribution in [2.24, 2.45) is 0 Å². The van der Waals surface area contributed by atoms with Crippen molar-refractivity contribution in [3.63, 3.8) is 0 Å². The van der Waals surface area contributed by atoms with E-state index in [-0.39, 0.29) is 41.2 Å². The fourth-order valence-electron chi connectivity index (χ4n) is 3.29. The molecule has 3 rings (SSSR count). The first kappa shape index (κ1) is 20.7. The molecule has 0 unspecified atom stereocenters. The molecule has 0 radical (unpaired) electrons. The Morgan fingerprint density at radius 3 is 1.77 bits per heavy atom. The van der Waals surface area contributed by atoms with E-state index in [1.54, 1.807) is 30.3 Å². The zero-order valence-corrected chi connectivity index (χ0v) is 15.9. The summed E-state index contributed by atoms with van der Waals surface area (Å²) in [6.07, 6.45) is -0.282. The van der Waals surface area contributed by atoms with E-state index in [1.165, 1.54) is 42.5 Å². The van der Waals surface area contributed by atoms with Crippen molar-refractivity contribution in [1.82, 2.24) is 0 Å². The monoisotopic (exact) mass is 405 g/mol. The second-order valence-corrected chi connectivity index (χ2v) is 6.84. The first-order chi connectivity index (χ1) is 14.4. The molecule has 0 aliphatic carbocycles. The predicted octanol–water partition coefficient (Wildman–Crippen LogP) is 4.64. The van der Waals surface area contributed by atoms with E-state index in [2.05, 4.69) is 0 Å². The highest BCUT2D eigenvalue weighted by atomic mass is 16.6. The van der Waals surface area contributed by atoms with E-state index < -0.39 is 22.4 Å². The maximum absolute atomic E-state index is 12.8. The van der Waals surface area contributed by atoms with E-state index in [0.29, 0.717) is 5.56 Å². The molecule has 0 aromatic heterocycles. The Morgan fingerprint density at radius 1 is 0.800 bits per heavy atom. The molecule has 0 bridgehead atoms. The van der Waals surface area contributed by atoms with Gasteiger partial charge in [-0.25, -0.2) is 0 Å². The molecular formula is C23H19NO6. The van der Waals surface area contributed by atoms with Crippen molar-refractivity contribution in [2.45, 2.75) is 18.8 Å². The van der Waals surface area contributed by atoms with Crippen LogP contribution in [0.15, 0.2) is 72.8 Å². The lowest BCUT2D eigenvalue weighted by Gasteiger charge is -2.17. The molecule has 0 atom stereocenters. The second-order valence-electron chi connectivity index (χ2n) is 6.84. The predicted molar refractivity (Wildman–Crippen MR) is 110 cm³/mol. The van der Waals surface area contributed by atoms with Gasteiger partial charge in [0.1, 0.15) is 11.5 Å². The minimum absolute atomic E-state index is 0.114. The number of aromatic hydroxyl groups is 2. The van der Waals surface area contributed by atoms with Crippen LogP contribution in [0.25, 0.3) is 0 Å². The molecule has 7 heteroatoms. The van der Waals surface area contributed by atoms with E-state index in [9.17, 15) is 29.9 Å². The first-order valence-corrected chi connectivity index (χ1v) is 9.23. The molecule has 7 nitrogen and oxygen atoms in total. The van der Waals surface area contributed by atoms with Crippen LogP contribution >= 0.6 is 0 Å². The summed E-state index contributed by atoms with van der Waals surface area (Å²) in [6.45, 7) is 0. The van der Waals surface area contributed by atoms with Crippen molar-refractivity contribution in [1.29, 1.82) is 0 Å². The summed E-state index contributed by atoms with van der Waals surface area (Å²) >= 11 is 0. The molecule has 3 aromatic carbocycles. The fourth-order valence-corrected chi connectivity index (χ4v) is 3.29. The van der Waals surface area contributed by atoms with E-state index in [0.717, 1.165) is 0 Å². The van der Waals surface area contributed by atoms with Gasteiger partial charge in [-0.3, -0.25) is 19.7 Å². The number of nitrogens with zero attached hydrogens (tertiary/aromatic N) is 1. The van der Waals surface area contributed by atoms with Gasteiger partial charge in [0.25, 0.3) is 5.69 Å². The lowest BCUT2D eigenvalue weighted by atomic mass is 9.86. The van der Waals surface area contributed by atoms with Gasteiger partial charge in [-0.05, 0) is 35.7 Å². The number of phenols is 2. The van der Waals surface area contributed by atoms with Crippen LogP contribution in [0.2, 0.25) is 0 Å². The number of carbonyl (C=O) groups excluding carboxylic acids is 2. The molecule has 152 valence electrons. The zero-order valence-electron chi connectivity index (χ0n) is 15.9. The molecule has 0 fully saturated rings. The number of para-hydroxylation sites is 2. The molecular weight excluding hydrogens is 386 g/mol. The molecule has 0 heterocycles. The number of carbonyl (C=O) groups is 2. The normalized spacial score (nSPS) is 10.7. The molecule has 0 aliphatic heterocycles. The number of benzene rings is 3.